The SMILES string of the molecule is [B]C(=O)NC(CCC(=O)OCc1ccccc1)C(=O)NC(CCC(=O)OCc1ccccc1)C(=O)NC(CCC(=O)OCc1ccccc1)C(=O)OCc1ccccc1. The summed E-state index contributed by atoms with van der Waals surface area (Å²) in [5, 5.41) is 7.35. The third-order valence-corrected chi connectivity index (χ3v) is 8.73. The summed E-state index contributed by atoms with van der Waals surface area (Å²) in [6.07, 6.45) is -1.73. The maximum atomic E-state index is 14.0. The Morgan fingerprint density at radius 3 is 1.03 bits per heavy atom. The molecule has 0 bridgehead atoms. The number of hydrogen-bond donors (Lipinski definition) is 3. The number of carbonyl (C=O) groups is 7. The van der Waals surface area contributed by atoms with Crippen molar-refractivity contribution >= 4 is 49.3 Å². The zero-order valence-electron chi connectivity index (χ0n) is 32.4. The summed E-state index contributed by atoms with van der Waals surface area (Å²) < 4.78 is 21.5. The van der Waals surface area contributed by atoms with Crippen molar-refractivity contribution in [2.45, 2.75) is 83.1 Å². The van der Waals surface area contributed by atoms with E-state index in [1.54, 1.807) is 103 Å². The molecule has 3 atom stereocenters. The number of esters is 4. The first-order chi connectivity index (χ1) is 28.5. The van der Waals surface area contributed by atoms with Gasteiger partial charge in [-0.15, -0.1) is 0 Å². The third-order valence-electron chi connectivity index (χ3n) is 8.73. The number of rotatable bonds is 23. The average Bonchev–Trinajstić information content (AvgIpc) is 3.26. The summed E-state index contributed by atoms with van der Waals surface area (Å²) in [6, 6.07) is 31.3. The Kier molecular flexibility index (Phi) is 18.9. The van der Waals surface area contributed by atoms with E-state index >= 15 is 0 Å². The Morgan fingerprint density at radius 1 is 0.407 bits per heavy atom. The number of carbonyl (C=O) groups excluding carboxylic acids is 7. The van der Waals surface area contributed by atoms with Crippen LogP contribution in [0.15, 0.2) is 121 Å². The largest absolute Gasteiger partial charge is 0.461 e. The highest BCUT2D eigenvalue weighted by molar-refractivity contribution is 6.57. The van der Waals surface area contributed by atoms with Gasteiger partial charge in [-0.1, -0.05) is 121 Å². The van der Waals surface area contributed by atoms with Gasteiger partial charge < -0.3 is 34.9 Å². The fourth-order valence-corrected chi connectivity index (χ4v) is 5.55. The molecular weight excluding hydrogens is 757 g/mol. The Labute approximate surface area is 343 Å². The maximum Gasteiger partial charge on any atom is 0.328 e. The Bertz CT molecular complexity index is 1970. The molecule has 0 spiro atoms. The molecule has 0 aliphatic heterocycles. The highest BCUT2D eigenvalue weighted by atomic mass is 16.5. The van der Waals surface area contributed by atoms with E-state index in [4.69, 9.17) is 26.8 Å². The van der Waals surface area contributed by atoms with Crippen molar-refractivity contribution in [2.24, 2.45) is 0 Å². The molecule has 0 saturated heterocycles. The average molecular weight is 804 g/mol. The molecule has 4 aromatic rings. The number of ether oxygens (including phenoxy) is 4. The van der Waals surface area contributed by atoms with E-state index in [-0.39, 0.29) is 65.0 Å². The van der Waals surface area contributed by atoms with Gasteiger partial charge in [-0.05, 0) is 41.5 Å². The van der Waals surface area contributed by atoms with Gasteiger partial charge in [0, 0.05) is 19.3 Å². The molecule has 15 heteroatoms. The van der Waals surface area contributed by atoms with Crippen molar-refractivity contribution in [1.82, 2.24) is 16.0 Å². The molecule has 0 aliphatic rings. The number of amides is 3. The number of nitrogens with one attached hydrogen (secondary N) is 3. The molecule has 306 valence electrons. The van der Waals surface area contributed by atoms with Crippen LogP contribution in [0, 0.1) is 0 Å². The van der Waals surface area contributed by atoms with E-state index in [2.05, 4.69) is 16.0 Å². The van der Waals surface area contributed by atoms with Crippen LogP contribution >= 0.6 is 0 Å². The van der Waals surface area contributed by atoms with Gasteiger partial charge in [0.25, 0.3) is 0 Å². The summed E-state index contributed by atoms with van der Waals surface area (Å²) in [4.78, 5) is 91.1. The summed E-state index contributed by atoms with van der Waals surface area (Å²) in [7, 11) is 5.35. The summed E-state index contributed by atoms with van der Waals surface area (Å²) in [6.45, 7) is -0.188. The second-order valence-corrected chi connectivity index (χ2v) is 13.3. The molecule has 14 nitrogen and oxygen atoms in total. The number of benzene rings is 4. The molecule has 3 N–H and O–H groups in total. The predicted molar refractivity (Wildman–Crippen MR) is 215 cm³/mol. The molecule has 4 aromatic carbocycles. The predicted octanol–water partition coefficient (Wildman–Crippen LogP) is 4.52. The van der Waals surface area contributed by atoms with Crippen LogP contribution in [0.3, 0.4) is 0 Å². The van der Waals surface area contributed by atoms with Gasteiger partial charge in [-0.3, -0.25) is 28.8 Å². The topological polar surface area (TPSA) is 192 Å². The Hall–Kier alpha value is -6.77. The minimum Gasteiger partial charge on any atom is -0.461 e. The van der Waals surface area contributed by atoms with Crippen molar-refractivity contribution in [1.29, 1.82) is 0 Å². The van der Waals surface area contributed by atoms with Crippen molar-refractivity contribution in [3.05, 3.63) is 144 Å². The first kappa shape index (κ1) is 44.9. The molecular formula is C44H46BN3O11. The maximum absolute atomic E-state index is 14.0. The lowest BCUT2D eigenvalue weighted by atomic mass is 10.0. The smallest absolute Gasteiger partial charge is 0.328 e. The van der Waals surface area contributed by atoms with E-state index in [1.165, 1.54) is 0 Å². The third kappa shape index (κ3) is 17.5. The molecule has 0 aliphatic carbocycles. The van der Waals surface area contributed by atoms with Crippen LogP contribution in [0.2, 0.25) is 0 Å². The Morgan fingerprint density at radius 2 is 0.695 bits per heavy atom. The molecule has 0 saturated carbocycles. The second kappa shape index (κ2) is 24.8. The van der Waals surface area contributed by atoms with Gasteiger partial charge in [0.2, 0.25) is 19.7 Å². The van der Waals surface area contributed by atoms with Crippen LogP contribution in [-0.2, 0) is 74.1 Å². The summed E-state index contributed by atoms with van der Waals surface area (Å²) in [5.74, 6) is -5.75. The fourth-order valence-electron chi connectivity index (χ4n) is 5.55. The van der Waals surface area contributed by atoms with Crippen LogP contribution in [0.5, 0.6) is 0 Å². The lowest BCUT2D eigenvalue weighted by Crippen LogP contribution is -2.56. The van der Waals surface area contributed by atoms with Crippen LogP contribution in [0.4, 0.5) is 4.79 Å². The van der Waals surface area contributed by atoms with Crippen LogP contribution < -0.4 is 16.0 Å². The summed E-state index contributed by atoms with van der Waals surface area (Å²) >= 11 is 0. The zero-order chi connectivity index (χ0) is 42.2. The molecule has 59 heavy (non-hydrogen) atoms. The van der Waals surface area contributed by atoms with Gasteiger partial charge in [-0.25, -0.2) is 4.79 Å². The highest BCUT2D eigenvalue weighted by Crippen LogP contribution is 2.12. The minimum absolute atomic E-state index is 0.00508. The van der Waals surface area contributed by atoms with Gasteiger partial charge >= 0.3 is 23.9 Å². The Balaban J connectivity index is 1.46. The lowest BCUT2D eigenvalue weighted by Gasteiger charge is -2.25. The van der Waals surface area contributed by atoms with E-state index < -0.39 is 59.6 Å². The monoisotopic (exact) mass is 803 g/mol. The molecule has 2 radical (unpaired) electrons. The first-order valence-corrected chi connectivity index (χ1v) is 19.0. The van der Waals surface area contributed by atoms with Crippen molar-refractivity contribution in [3.63, 3.8) is 0 Å². The highest BCUT2D eigenvalue weighted by Gasteiger charge is 2.31. The van der Waals surface area contributed by atoms with Gasteiger partial charge in [0.05, 0.1) is 0 Å². The van der Waals surface area contributed by atoms with Crippen LogP contribution in [0.25, 0.3) is 0 Å². The molecule has 3 amide bonds. The standard InChI is InChI=1S/C44H46BN3O11/c45-44(55)48-36(22-25-39(50)57-28-32-15-7-2-8-16-32)42(53)46-35(21-24-38(49)56-27-31-13-5-1-6-14-31)41(52)47-37(43(54)59-30-34-19-11-4-12-20-34)23-26-40(51)58-29-33-17-9-3-10-18-33/h1-20,35-37H,21-30H2,(H,46,53)(H,47,52)(H,48,55). The van der Waals surface area contributed by atoms with Crippen LogP contribution in [-0.4, -0.2) is 67.5 Å². The van der Waals surface area contributed by atoms with E-state index in [1.807, 2.05) is 18.2 Å². The lowest BCUT2D eigenvalue weighted by molar-refractivity contribution is -0.151. The van der Waals surface area contributed by atoms with Gasteiger partial charge in [-0.2, -0.15) is 0 Å². The van der Waals surface area contributed by atoms with E-state index in [0.717, 1.165) is 16.7 Å². The zero-order valence-corrected chi connectivity index (χ0v) is 32.4. The van der Waals surface area contributed by atoms with Gasteiger partial charge in [0.15, 0.2) is 5.81 Å². The summed E-state index contributed by atoms with van der Waals surface area (Å²) in [5.41, 5.74) is 2.89. The quantitative estimate of drug-likeness (QED) is 0.0543. The van der Waals surface area contributed by atoms with Crippen molar-refractivity contribution < 1.29 is 52.5 Å². The molecule has 0 aromatic heterocycles. The number of hydrogen-bond acceptors (Lipinski definition) is 11. The molecule has 3 unspecified atom stereocenters. The minimum atomic E-state index is -1.48. The normalized spacial score (nSPS) is 12.1. The van der Waals surface area contributed by atoms with Crippen molar-refractivity contribution in [3.8, 4) is 0 Å². The second-order valence-electron chi connectivity index (χ2n) is 13.3. The van der Waals surface area contributed by atoms with Crippen LogP contribution in [0.1, 0.15) is 60.8 Å². The van der Waals surface area contributed by atoms with Gasteiger partial charge in [0.1, 0.15) is 44.6 Å². The van der Waals surface area contributed by atoms with Crippen molar-refractivity contribution in [2.75, 3.05) is 0 Å². The first-order valence-electron chi connectivity index (χ1n) is 19.0. The van der Waals surface area contributed by atoms with E-state index in [0.29, 0.717) is 5.56 Å². The molecule has 0 fully saturated rings. The fraction of sp³-hybridized carbons (Fsp3) is 0.295. The molecule has 0 heterocycles. The van der Waals surface area contributed by atoms with E-state index in [9.17, 15) is 33.6 Å². The molecule has 4 rings (SSSR count).